The number of amides is 1. The van der Waals surface area contributed by atoms with Crippen LogP contribution in [0.1, 0.15) is 5.56 Å². The van der Waals surface area contributed by atoms with Gasteiger partial charge in [0.05, 0.1) is 6.42 Å². The second-order valence-corrected chi connectivity index (χ2v) is 8.14. The minimum Gasteiger partial charge on any atom is -0.362 e. The molecule has 0 aliphatic rings. The van der Waals surface area contributed by atoms with Gasteiger partial charge in [0.25, 0.3) is 0 Å². The number of hydrogen-bond donors (Lipinski definition) is 2. The second-order valence-electron chi connectivity index (χ2n) is 4.86. The lowest BCUT2D eigenvalue weighted by Crippen LogP contribution is -2.49. The van der Waals surface area contributed by atoms with Gasteiger partial charge in [0.2, 0.25) is 9.70 Å². The number of halogens is 4. The second kappa shape index (κ2) is 8.25. The molecule has 0 saturated carbocycles. The molecule has 2 aromatic carbocycles. The number of alkyl halides is 3. The molecule has 0 heterocycles. The first-order valence-electron chi connectivity index (χ1n) is 6.77. The van der Waals surface area contributed by atoms with E-state index in [9.17, 15) is 4.79 Å². The minimum atomic E-state index is -1.70. The van der Waals surface area contributed by atoms with Crippen molar-refractivity contribution in [3.05, 3.63) is 64.6 Å². The standard InChI is InChI=1S/C16H14BrCl3N2O/c17-12-6-8-13(9-7-12)21-15(16(18,19)20)22-14(23)10-11-4-2-1-3-5-11/h1-9,15,21H,10H2,(H,22,23)/t15-/m0/s1. The highest BCUT2D eigenvalue weighted by Gasteiger charge is 2.34. The Kier molecular flexibility index (Phi) is 6.60. The summed E-state index contributed by atoms with van der Waals surface area (Å²) in [5.74, 6) is -0.239. The van der Waals surface area contributed by atoms with Crippen LogP contribution in [0, 0.1) is 0 Å². The number of benzene rings is 2. The Bertz CT molecular complexity index is 645. The van der Waals surface area contributed by atoms with E-state index < -0.39 is 9.96 Å². The molecule has 3 nitrogen and oxygen atoms in total. The minimum absolute atomic E-state index is 0.208. The smallest absolute Gasteiger partial charge is 0.228 e. The molecule has 2 aromatic rings. The predicted octanol–water partition coefficient (Wildman–Crippen LogP) is 4.92. The predicted molar refractivity (Wildman–Crippen MR) is 100 cm³/mol. The SMILES string of the molecule is O=C(Cc1ccccc1)N[C@H](Nc1ccc(Br)cc1)C(Cl)(Cl)Cl. The molecule has 1 atom stereocenters. The number of carbonyl (C=O) groups is 1. The van der Waals surface area contributed by atoms with Crippen LogP contribution in [-0.2, 0) is 11.2 Å². The Morgan fingerprint density at radius 1 is 1.04 bits per heavy atom. The fourth-order valence-corrected chi connectivity index (χ4v) is 2.50. The average Bonchev–Trinajstić information content (AvgIpc) is 2.49. The van der Waals surface area contributed by atoms with E-state index in [0.29, 0.717) is 0 Å². The van der Waals surface area contributed by atoms with Crippen molar-refractivity contribution in [3.8, 4) is 0 Å². The third-order valence-corrected chi connectivity index (χ3v) is 4.18. The van der Waals surface area contributed by atoms with Gasteiger partial charge in [-0.2, -0.15) is 0 Å². The first-order chi connectivity index (χ1) is 10.8. The van der Waals surface area contributed by atoms with E-state index in [1.165, 1.54) is 0 Å². The summed E-state index contributed by atoms with van der Waals surface area (Å²) < 4.78 is -0.763. The van der Waals surface area contributed by atoms with E-state index in [0.717, 1.165) is 15.7 Å². The molecule has 7 heteroatoms. The van der Waals surface area contributed by atoms with Gasteiger partial charge in [0, 0.05) is 10.2 Å². The summed E-state index contributed by atoms with van der Waals surface area (Å²) >= 11 is 21.3. The Morgan fingerprint density at radius 3 is 2.22 bits per heavy atom. The molecule has 0 saturated heterocycles. The molecular formula is C16H14BrCl3N2O. The van der Waals surface area contributed by atoms with Crippen LogP contribution in [-0.4, -0.2) is 15.9 Å². The Labute approximate surface area is 158 Å². The van der Waals surface area contributed by atoms with Crippen LogP contribution in [0.25, 0.3) is 0 Å². The van der Waals surface area contributed by atoms with E-state index in [4.69, 9.17) is 34.8 Å². The maximum Gasteiger partial charge on any atom is 0.228 e. The summed E-state index contributed by atoms with van der Waals surface area (Å²) in [6.45, 7) is 0. The molecule has 0 unspecified atom stereocenters. The molecule has 1 amide bonds. The van der Waals surface area contributed by atoms with Crippen LogP contribution in [0.3, 0.4) is 0 Å². The van der Waals surface area contributed by atoms with Crippen molar-refractivity contribution in [2.45, 2.75) is 16.4 Å². The number of carbonyl (C=O) groups excluding carboxylic acids is 1. The Hall–Kier alpha value is -0.940. The maximum absolute atomic E-state index is 12.2. The van der Waals surface area contributed by atoms with Crippen LogP contribution in [0.15, 0.2) is 59.1 Å². The summed E-state index contributed by atoms with van der Waals surface area (Å²) in [5, 5.41) is 5.73. The normalized spacial score (nSPS) is 12.5. The van der Waals surface area contributed by atoms with Gasteiger partial charge in [-0.05, 0) is 29.8 Å². The van der Waals surface area contributed by atoms with Crippen LogP contribution < -0.4 is 10.6 Å². The highest BCUT2D eigenvalue weighted by Crippen LogP contribution is 2.31. The average molecular weight is 437 g/mol. The molecule has 2 N–H and O–H groups in total. The van der Waals surface area contributed by atoms with E-state index in [1.807, 2.05) is 54.6 Å². The molecular weight excluding hydrogens is 422 g/mol. The van der Waals surface area contributed by atoms with Gasteiger partial charge in [-0.3, -0.25) is 4.79 Å². The van der Waals surface area contributed by atoms with Gasteiger partial charge in [0.1, 0.15) is 6.17 Å². The van der Waals surface area contributed by atoms with Gasteiger partial charge in [-0.25, -0.2) is 0 Å². The zero-order valence-electron chi connectivity index (χ0n) is 11.9. The monoisotopic (exact) mass is 434 g/mol. The topological polar surface area (TPSA) is 41.1 Å². The van der Waals surface area contributed by atoms with Crippen LogP contribution in [0.4, 0.5) is 5.69 Å². The van der Waals surface area contributed by atoms with Crippen molar-refractivity contribution in [3.63, 3.8) is 0 Å². The van der Waals surface area contributed by atoms with Crippen molar-refractivity contribution in [2.24, 2.45) is 0 Å². The largest absolute Gasteiger partial charge is 0.362 e. The zero-order chi connectivity index (χ0) is 16.9. The highest BCUT2D eigenvalue weighted by molar-refractivity contribution is 9.10. The summed E-state index contributed by atoms with van der Waals surface area (Å²) in [6.07, 6.45) is -0.648. The van der Waals surface area contributed by atoms with Gasteiger partial charge in [0.15, 0.2) is 0 Å². The summed E-state index contributed by atoms with van der Waals surface area (Å²) in [6, 6.07) is 16.7. The van der Waals surface area contributed by atoms with Crippen molar-refractivity contribution in [1.82, 2.24) is 5.32 Å². The summed E-state index contributed by atoms with van der Waals surface area (Å²) in [4.78, 5) is 12.2. The molecule has 0 aromatic heterocycles. The van der Waals surface area contributed by atoms with Crippen LogP contribution >= 0.6 is 50.7 Å². The fourth-order valence-electron chi connectivity index (χ4n) is 1.91. The number of nitrogens with one attached hydrogen (secondary N) is 2. The van der Waals surface area contributed by atoms with Gasteiger partial charge in [-0.1, -0.05) is 81.1 Å². The fraction of sp³-hybridized carbons (Fsp3) is 0.188. The van der Waals surface area contributed by atoms with Crippen LogP contribution in [0.5, 0.6) is 0 Å². The molecule has 0 bridgehead atoms. The van der Waals surface area contributed by atoms with Gasteiger partial charge in [-0.15, -0.1) is 0 Å². The highest BCUT2D eigenvalue weighted by atomic mass is 79.9. The third kappa shape index (κ3) is 6.22. The van der Waals surface area contributed by atoms with E-state index in [2.05, 4.69) is 26.6 Å². The van der Waals surface area contributed by atoms with Crippen molar-refractivity contribution >= 4 is 62.3 Å². The summed E-state index contributed by atoms with van der Waals surface area (Å²) in [5.41, 5.74) is 1.61. The molecule has 0 aliphatic heterocycles. The lowest BCUT2D eigenvalue weighted by molar-refractivity contribution is -0.120. The first kappa shape index (κ1) is 18.4. The molecule has 0 spiro atoms. The van der Waals surface area contributed by atoms with E-state index in [-0.39, 0.29) is 12.3 Å². The van der Waals surface area contributed by atoms with Gasteiger partial charge >= 0.3 is 0 Å². The van der Waals surface area contributed by atoms with Crippen molar-refractivity contribution < 1.29 is 4.79 Å². The lowest BCUT2D eigenvalue weighted by Gasteiger charge is -2.27. The molecule has 0 aliphatic carbocycles. The molecule has 0 radical (unpaired) electrons. The van der Waals surface area contributed by atoms with E-state index >= 15 is 0 Å². The lowest BCUT2D eigenvalue weighted by atomic mass is 10.1. The summed E-state index contributed by atoms with van der Waals surface area (Å²) in [7, 11) is 0. The maximum atomic E-state index is 12.2. The molecule has 122 valence electrons. The zero-order valence-corrected chi connectivity index (χ0v) is 15.8. The Balaban J connectivity index is 2.04. The third-order valence-electron chi connectivity index (χ3n) is 3.00. The Morgan fingerprint density at radius 2 is 1.65 bits per heavy atom. The molecule has 0 fully saturated rings. The quantitative estimate of drug-likeness (QED) is 0.516. The molecule has 23 heavy (non-hydrogen) atoms. The first-order valence-corrected chi connectivity index (χ1v) is 8.69. The van der Waals surface area contributed by atoms with E-state index in [1.54, 1.807) is 0 Å². The number of anilines is 1. The van der Waals surface area contributed by atoms with Crippen molar-refractivity contribution in [2.75, 3.05) is 5.32 Å². The van der Waals surface area contributed by atoms with Gasteiger partial charge < -0.3 is 10.6 Å². The van der Waals surface area contributed by atoms with Crippen molar-refractivity contribution in [1.29, 1.82) is 0 Å². The number of hydrogen-bond acceptors (Lipinski definition) is 2. The molecule has 2 rings (SSSR count). The number of rotatable bonds is 5. The van der Waals surface area contributed by atoms with Crippen LogP contribution in [0.2, 0.25) is 0 Å².